The molecule has 1 N–H and O–H groups in total. The monoisotopic (exact) mass is 563 g/mol. The third-order valence-corrected chi connectivity index (χ3v) is 5.92. The molecule has 3 heterocycles. The number of halogens is 3. The largest absolute Gasteiger partial charge is 0.522 e. The average Bonchev–Trinajstić information content (AvgIpc) is 3.60. The van der Waals surface area contributed by atoms with Gasteiger partial charge in [0.15, 0.2) is 0 Å². The van der Waals surface area contributed by atoms with Crippen molar-refractivity contribution in [1.82, 2.24) is 14.7 Å². The van der Waals surface area contributed by atoms with Gasteiger partial charge in [-0.3, -0.25) is 14.1 Å². The fraction of sp³-hybridized carbons (Fsp3) is 0.478. The summed E-state index contributed by atoms with van der Waals surface area (Å²) in [4.78, 5) is 31.4. The smallest absolute Gasteiger partial charge is 0.488 e. The van der Waals surface area contributed by atoms with E-state index >= 15 is 0 Å². The molecule has 9 nitrogen and oxygen atoms in total. The molecular formula is C23H28F3N3O6S2. The number of carbonyl (C=O) groups excluding carboxylic acids is 2. The molecule has 3 saturated heterocycles. The van der Waals surface area contributed by atoms with Gasteiger partial charge in [0.1, 0.15) is 22.7 Å². The Balaban J connectivity index is 0.000000168. The second-order valence-corrected chi connectivity index (χ2v) is 11.4. The van der Waals surface area contributed by atoms with Crippen LogP contribution in [-0.4, -0.2) is 89.6 Å². The molecule has 14 heteroatoms. The molecule has 204 valence electrons. The number of rotatable bonds is 4. The molecule has 0 atom stereocenters. The summed E-state index contributed by atoms with van der Waals surface area (Å²) < 4.78 is 63.2. The summed E-state index contributed by atoms with van der Waals surface area (Å²) in [6, 6.07) is 7.69. The van der Waals surface area contributed by atoms with E-state index in [4.69, 9.17) is 17.7 Å². The van der Waals surface area contributed by atoms with E-state index in [1.54, 1.807) is 0 Å². The molecule has 0 radical (unpaired) electrons. The van der Waals surface area contributed by atoms with Crippen LogP contribution in [0.25, 0.3) is 0 Å². The molecule has 0 spiro atoms. The lowest BCUT2D eigenvalue weighted by Gasteiger charge is -2.21. The second kappa shape index (κ2) is 10.6. The number of thiol groups is 1. The highest BCUT2D eigenvalue weighted by Gasteiger charge is 2.45. The minimum Gasteiger partial charge on any atom is -0.488 e. The van der Waals surface area contributed by atoms with E-state index in [-0.39, 0.29) is 17.2 Å². The van der Waals surface area contributed by atoms with Crippen LogP contribution < -0.4 is 4.74 Å². The highest BCUT2D eigenvalue weighted by molar-refractivity contribution is 7.86. The van der Waals surface area contributed by atoms with Gasteiger partial charge in [-0.1, -0.05) is 0 Å². The van der Waals surface area contributed by atoms with E-state index in [0.29, 0.717) is 17.1 Å². The van der Waals surface area contributed by atoms with Crippen molar-refractivity contribution in [3.8, 4) is 5.75 Å². The lowest BCUT2D eigenvalue weighted by Crippen LogP contribution is -2.29. The Morgan fingerprint density at radius 1 is 0.865 bits per heavy atom. The van der Waals surface area contributed by atoms with E-state index in [1.807, 2.05) is 59.7 Å². The summed E-state index contributed by atoms with van der Waals surface area (Å²) in [5.74, 6) is 0.938. The molecule has 3 fully saturated rings. The zero-order chi connectivity index (χ0) is 27.8. The zero-order valence-electron chi connectivity index (χ0n) is 20.4. The van der Waals surface area contributed by atoms with Crippen LogP contribution in [0.1, 0.15) is 20.8 Å². The summed E-state index contributed by atoms with van der Waals surface area (Å²) in [7, 11) is -5.84. The number of allylic oxidation sites excluding steroid dienone is 1. The number of hydrogen-bond acceptors (Lipinski definition) is 9. The van der Waals surface area contributed by atoms with E-state index < -0.39 is 15.6 Å². The Labute approximate surface area is 218 Å². The maximum absolute atomic E-state index is 12.4. The van der Waals surface area contributed by atoms with Gasteiger partial charge in [-0.05, 0) is 45.0 Å². The van der Waals surface area contributed by atoms with E-state index in [2.05, 4.69) is 12.6 Å². The van der Waals surface area contributed by atoms with Gasteiger partial charge in [0.25, 0.3) is 0 Å². The molecule has 1 aromatic rings. The summed E-state index contributed by atoms with van der Waals surface area (Å²) in [6.45, 7) is 11.5. The van der Waals surface area contributed by atoms with Crippen LogP contribution in [0.3, 0.4) is 0 Å². The lowest BCUT2D eigenvalue weighted by atomic mass is 10.0. The lowest BCUT2D eigenvalue weighted by molar-refractivity contribution is -0.117. The minimum atomic E-state index is -5.84. The Hall–Kier alpha value is -2.71. The van der Waals surface area contributed by atoms with Crippen LogP contribution in [0.2, 0.25) is 0 Å². The van der Waals surface area contributed by atoms with Crippen LogP contribution in [-0.2, 0) is 19.7 Å². The Morgan fingerprint density at radius 3 is 1.68 bits per heavy atom. The number of alkyl halides is 3. The minimum absolute atomic E-state index is 0.00546. The van der Waals surface area contributed by atoms with Crippen LogP contribution in [0, 0.1) is 0 Å². The molecule has 4 aliphatic rings. The number of Topliss-reactive ketones (excluding diaryl/α,β-unsaturated/α-hetero) is 1. The molecular weight excluding hydrogens is 535 g/mol. The predicted molar refractivity (Wildman–Crippen MR) is 132 cm³/mol. The third-order valence-electron chi connectivity index (χ3n) is 5.04. The van der Waals surface area contributed by atoms with Gasteiger partial charge in [-0.25, -0.2) is 0 Å². The SMILES string of the molecule is CC(C)(C)Oc1ccc(S)cc1.O=C1C=C(N2CC2)C(=O)C(N2CC2)=C1N1CC1.O=S(=O)(O)C(F)(F)F. The Bertz CT molecular complexity index is 1210. The first-order chi connectivity index (χ1) is 17.0. The molecule has 5 rings (SSSR count). The molecule has 1 aromatic carbocycles. The van der Waals surface area contributed by atoms with Gasteiger partial charge in [-0.15, -0.1) is 12.6 Å². The molecule has 1 aliphatic carbocycles. The van der Waals surface area contributed by atoms with Crippen LogP contribution in [0.15, 0.2) is 52.3 Å². The topological polar surface area (TPSA) is 107 Å². The highest BCUT2D eigenvalue weighted by atomic mass is 32.2. The first-order valence-electron chi connectivity index (χ1n) is 11.3. The van der Waals surface area contributed by atoms with Crippen LogP contribution in [0.4, 0.5) is 13.2 Å². The van der Waals surface area contributed by atoms with E-state index in [1.165, 1.54) is 6.08 Å². The molecule has 0 amide bonds. The molecule has 0 aromatic heterocycles. The number of carbonyl (C=O) groups is 2. The van der Waals surface area contributed by atoms with Crippen molar-refractivity contribution in [2.45, 2.75) is 36.8 Å². The first kappa shape index (κ1) is 28.9. The predicted octanol–water partition coefficient (Wildman–Crippen LogP) is 2.73. The van der Waals surface area contributed by atoms with Gasteiger partial charge in [0.05, 0.1) is 5.70 Å². The summed E-state index contributed by atoms with van der Waals surface area (Å²) in [5, 5.41) is 0. The summed E-state index contributed by atoms with van der Waals surface area (Å²) in [6.07, 6.45) is 1.52. The summed E-state index contributed by atoms with van der Waals surface area (Å²) in [5.41, 5.74) is -3.78. The fourth-order valence-electron chi connectivity index (χ4n) is 3.14. The fourth-order valence-corrected chi connectivity index (χ4v) is 3.29. The maximum atomic E-state index is 12.4. The quantitative estimate of drug-likeness (QED) is 0.188. The van der Waals surface area contributed by atoms with Crippen molar-refractivity contribution < 1.29 is 40.5 Å². The normalized spacial score (nSPS) is 18.9. The van der Waals surface area contributed by atoms with Gasteiger partial charge < -0.3 is 19.4 Å². The van der Waals surface area contributed by atoms with E-state index in [9.17, 15) is 22.8 Å². The number of ether oxygens (including phenoxy) is 1. The van der Waals surface area contributed by atoms with Crippen molar-refractivity contribution in [2.24, 2.45) is 0 Å². The van der Waals surface area contributed by atoms with Gasteiger partial charge >= 0.3 is 15.6 Å². The number of hydrogen-bond donors (Lipinski definition) is 2. The van der Waals surface area contributed by atoms with Crippen molar-refractivity contribution in [2.75, 3.05) is 39.3 Å². The van der Waals surface area contributed by atoms with E-state index in [0.717, 1.165) is 49.9 Å². The van der Waals surface area contributed by atoms with Crippen molar-refractivity contribution in [3.63, 3.8) is 0 Å². The average molecular weight is 564 g/mol. The number of benzene rings is 1. The standard InChI is InChI=1S/C12H13N3O2.C10H14OS.CHF3O3S/c16-9-7-8(13-1-2-13)12(17)11(15-5-6-15)10(9)14-3-4-14;1-10(2,3)11-8-4-6-9(12)7-5-8;2-1(3,4)8(5,6)7/h7H,1-6H2;4-7,12H,1-3H3;(H,5,6,7). The Kier molecular flexibility index (Phi) is 8.25. The third kappa shape index (κ3) is 8.40. The molecule has 0 unspecified atom stereocenters. The second-order valence-electron chi connectivity index (χ2n) is 9.51. The van der Waals surface area contributed by atoms with Crippen molar-refractivity contribution in [3.05, 3.63) is 47.4 Å². The maximum Gasteiger partial charge on any atom is 0.522 e. The molecule has 37 heavy (non-hydrogen) atoms. The van der Waals surface area contributed by atoms with Crippen LogP contribution in [0.5, 0.6) is 5.75 Å². The summed E-state index contributed by atoms with van der Waals surface area (Å²) >= 11 is 4.19. The number of ketones is 2. The molecule has 3 aliphatic heterocycles. The van der Waals surface area contributed by atoms with Gasteiger partial charge in [0.2, 0.25) is 11.6 Å². The molecule has 0 saturated carbocycles. The first-order valence-corrected chi connectivity index (χ1v) is 13.2. The van der Waals surface area contributed by atoms with Gasteiger partial charge in [-0.2, -0.15) is 21.6 Å². The Morgan fingerprint density at radius 2 is 1.30 bits per heavy atom. The van der Waals surface area contributed by atoms with Gasteiger partial charge in [0, 0.05) is 50.2 Å². The zero-order valence-corrected chi connectivity index (χ0v) is 22.2. The van der Waals surface area contributed by atoms with Crippen LogP contribution >= 0.6 is 12.6 Å². The van der Waals surface area contributed by atoms with Crippen molar-refractivity contribution in [1.29, 1.82) is 0 Å². The number of nitrogens with zero attached hydrogens (tertiary/aromatic N) is 3. The van der Waals surface area contributed by atoms with Crippen molar-refractivity contribution >= 4 is 34.3 Å². The molecule has 0 bridgehead atoms. The highest BCUT2D eigenvalue weighted by Crippen LogP contribution is 2.34.